The molecule has 2 rings (SSSR count). The highest BCUT2D eigenvalue weighted by Crippen LogP contribution is 2.30. The van der Waals surface area contributed by atoms with Crippen LogP contribution in [0.25, 0.3) is 6.08 Å². The van der Waals surface area contributed by atoms with Gasteiger partial charge in [0.25, 0.3) is 0 Å². The van der Waals surface area contributed by atoms with E-state index in [1.165, 1.54) is 12.1 Å². The van der Waals surface area contributed by atoms with E-state index in [9.17, 15) is 13.6 Å². The number of rotatable bonds is 9. The average Bonchev–Trinajstić information content (AvgIpc) is 2.66. The van der Waals surface area contributed by atoms with Gasteiger partial charge >= 0.3 is 6.61 Å². The lowest BCUT2D eigenvalue weighted by molar-refractivity contribution is -0.124. The number of benzene rings is 1. The Morgan fingerprint density at radius 3 is 2.74 bits per heavy atom. The number of alkyl halides is 2. The van der Waals surface area contributed by atoms with Crippen LogP contribution in [0.5, 0.6) is 11.5 Å². The molecule has 7 heteroatoms. The molecule has 144 valence electrons. The molecule has 0 atom stereocenters. The van der Waals surface area contributed by atoms with E-state index in [0.29, 0.717) is 25.1 Å². The minimum absolute atomic E-state index is 0.0391. The highest BCUT2D eigenvalue weighted by Gasteiger charge is 2.11. The number of aromatic nitrogens is 1. The van der Waals surface area contributed by atoms with Crippen LogP contribution in [0.15, 0.2) is 48.7 Å². The van der Waals surface area contributed by atoms with Crippen LogP contribution in [-0.2, 0) is 11.2 Å². The Labute approximate surface area is 157 Å². The maximum atomic E-state index is 12.4. The van der Waals surface area contributed by atoms with E-state index in [1.807, 2.05) is 18.2 Å². The zero-order valence-electron chi connectivity index (χ0n) is 15.3. The van der Waals surface area contributed by atoms with Crippen molar-refractivity contribution in [1.29, 1.82) is 0 Å². The second-order valence-corrected chi connectivity index (χ2v) is 5.68. The molecule has 0 fully saturated rings. The minimum atomic E-state index is -2.93. The summed E-state index contributed by atoms with van der Waals surface area (Å²) in [5.41, 5.74) is 1.56. The van der Waals surface area contributed by atoms with Crippen molar-refractivity contribution in [3.8, 4) is 11.5 Å². The van der Waals surface area contributed by atoms with Crippen LogP contribution in [0.2, 0.25) is 0 Å². The molecule has 5 nitrogen and oxygen atoms in total. The summed E-state index contributed by atoms with van der Waals surface area (Å²) in [4.78, 5) is 18.0. The zero-order valence-corrected chi connectivity index (χ0v) is 15.3. The largest absolute Gasteiger partial charge is 0.490 e. The van der Waals surface area contributed by atoms with Gasteiger partial charge in [0.05, 0.1) is 6.61 Å². The van der Waals surface area contributed by atoms with Crippen LogP contribution in [0.4, 0.5) is 8.78 Å². The van der Waals surface area contributed by atoms with Crippen LogP contribution in [0, 0.1) is 0 Å². The lowest BCUT2D eigenvalue weighted by Crippen LogP contribution is -2.27. The molecule has 0 bridgehead atoms. The first kappa shape index (κ1) is 20.4. The molecule has 2 aromatic rings. The molecule has 0 aliphatic heterocycles. The molecule has 0 saturated heterocycles. The fraction of sp³-hybridized carbons (Fsp3) is 0.300. The molecular formula is C20H22F2N2O3. The van der Waals surface area contributed by atoms with Crippen molar-refractivity contribution in [2.75, 3.05) is 20.2 Å². The predicted octanol–water partition coefficient (Wildman–Crippen LogP) is 3.80. The summed E-state index contributed by atoms with van der Waals surface area (Å²) in [6.07, 6.45) is 5.41. The second-order valence-electron chi connectivity index (χ2n) is 5.68. The minimum Gasteiger partial charge on any atom is -0.490 e. The number of carbonyl (C=O) groups is 1. The lowest BCUT2D eigenvalue weighted by Gasteiger charge is -2.14. The number of nitrogens with zero attached hydrogens (tertiary/aromatic N) is 2. The van der Waals surface area contributed by atoms with E-state index in [2.05, 4.69) is 9.72 Å². The molecule has 1 aromatic carbocycles. The molecule has 0 unspecified atom stereocenters. The smallest absolute Gasteiger partial charge is 0.387 e. The maximum Gasteiger partial charge on any atom is 0.387 e. The number of likely N-dealkylation sites (N-methyl/N-ethyl adjacent to an activating group) is 1. The first-order chi connectivity index (χ1) is 13.0. The molecule has 1 aromatic heterocycles. The highest BCUT2D eigenvalue weighted by atomic mass is 19.3. The summed E-state index contributed by atoms with van der Waals surface area (Å²) in [6.45, 7) is -0.345. The monoisotopic (exact) mass is 376 g/mol. The maximum absolute atomic E-state index is 12.4. The predicted molar refractivity (Wildman–Crippen MR) is 98.9 cm³/mol. The van der Waals surface area contributed by atoms with E-state index in [4.69, 9.17) is 4.74 Å². The Kier molecular flexibility index (Phi) is 7.73. The van der Waals surface area contributed by atoms with Crippen molar-refractivity contribution in [3.63, 3.8) is 0 Å². The van der Waals surface area contributed by atoms with Crippen LogP contribution >= 0.6 is 0 Å². The van der Waals surface area contributed by atoms with Crippen molar-refractivity contribution in [2.45, 2.75) is 20.0 Å². The standard InChI is InChI=1S/C20H22F2N2O3/c1-3-26-18-14-15(7-9-17(18)27-20(21)22)8-10-19(25)24(2)13-11-16-6-4-5-12-23-16/h4-10,12,14,20H,3,11,13H2,1-2H3/b10-8+. The first-order valence-corrected chi connectivity index (χ1v) is 8.54. The van der Waals surface area contributed by atoms with Gasteiger partial charge in [0.15, 0.2) is 11.5 Å². The molecule has 0 radical (unpaired) electrons. The van der Waals surface area contributed by atoms with E-state index in [-0.39, 0.29) is 17.4 Å². The molecule has 0 N–H and O–H groups in total. The first-order valence-electron chi connectivity index (χ1n) is 8.54. The summed E-state index contributed by atoms with van der Waals surface area (Å²) >= 11 is 0. The van der Waals surface area contributed by atoms with Crippen molar-refractivity contribution in [1.82, 2.24) is 9.88 Å². The van der Waals surface area contributed by atoms with Crippen LogP contribution in [0.3, 0.4) is 0 Å². The Hall–Kier alpha value is -2.96. The van der Waals surface area contributed by atoms with Gasteiger partial charge in [0.2, 0.25) is 5.91 Å². The summed E-state index contributed by atoms with van der Waals surface area (Å²) in [7, 11) is 1.71. The Morgan fingerprint density at radius 1 is 1.26 bits per heavy atom. The normalized spacial score (nSPS) is 11.0. The fourth-order valence-corrected chi connectivity index (χ4v) is 2.32. The fourth-order valence-electron chi connectivity index (χ4n) is 2.32. The van der Waals surface area contributed by atoms with Crippen LogP contribution < -0.4 is 9.47 Å². The quantitative estimate of drug-likeness (QED) is 0.625. The van der Waals surface area contributed by atoms with Crippen molar-refractivity contribution in [3.05, 3.63) is 59.9 Å². The van der Waals surface area contributed by atoms with E-state index in [0.717, 1.165) is 5.69 Å². The summed E-state index contributed by atoms with van der Waals surface area (Å²) in [5.74, 6) is -0.00416. The zero-order chi connectivity index (χ0) is 19.6. The second kappa shape index (κ2) is 10.3. The van der Waals surface area contributed by atoms with Crippen molar-refractivity contribution in [2.24, 2.45) is 0 Å². The van der Waals surface area contributed by atoms with Crippen LogP contribution in [-0.4, -0.2) is 42.6 Å². The summed E-state index contributed by atoms with van der Waals surface area (Å²) in [6, 6.07) is 10.2. The third-order valence-corrected chi connectivity index (χ3v) is 3.71. The summed E-state index contributed by atoms with van der Waals surface area (Å²) in [5, 5.41) is 0. The van der Waals surface area contributed by atoms with Gasteiger partial charge in [-0.25, -0.2) is 0 Å². The van der Waals surface area contributed by atoms with E-state index < -0.39 is 6.61 Å². The van der Waals surface area contributed by atoms with E-state index in [1.54, 1.807) is 43.3 Å². The van der Waals surface area contributed by atoms with Gasteiger partial charge in [0, 0.05) is 38.0 Å². The summed E-state index contributed by atoms with van der Waals surface area (Å²) < 4.78 is 34.6. The number of halogens is 2. The SMILES string of the molecule is CCOc1cc(/C=C/C(=O)N(C)CCc2ccccn2)ccc1OC(F)F. The van der Waals surface area contributed by atoms with Gasteiger partial charge in [-0.05, 0) is 42.8 Å². The number of pyridine rings is 1. The van der Waals surface area contributed by atoms with Crippen LogP contribution in [0.1, 0.15) is 18.2 Å². The van der Waals surface area contributed by atoms with Gasteiger partial charge in [-0.1, -0.05) is 12.1 Å². The number of amides is 1. The number of hydrogen-bond donors (Lipinski definition) is 0. The lowest BCUT2D eigenvalue weighted by atomic mass is 10.2. The Bertz CT molecular complexity index is 767. The topological polar surface area (TPSA) is 51.7 Å². The number of hydrogen-bond acceptors (Lipinski definition) is 4. The third-order valence-electron chi connectivity index (χ3n) is 3.71. The molecular weight excluding hydrogens is 354 g/mol. The number of ether oxygens (including phenoxy) is 2. The molecule has 1 heterocycles. The van der Waals surface area contributed by atoms with Gasteiger partial charge in [-0.15, -0.1) is 0 Å². The van der Waals surface area contributed by atoms with Crippen molar-refractivity contribution < 1.29 is 23.0 Å². The highest BCUT2D eigenvalue weighted by molar-refractivity contribution is 5.91. The Balaban J connectivity index is 1.98. The van der Waals surface area contributed by atoms with Gasteiger partial charge in [-0.3, -0.25) is 9.78 Å². The third kappa shape index (κ3) is 6.69. The average molecular weight is 376 g/mol. The Morgan fingerprint density at radius 2 is 2.07 bits per heavy atom. The van der Waals surface area contributed by atoms with Gasteiger partial charge in [0.1, 0.15) is 0 Å². The van der Waals surface area contributed by atoms with Gasteiger partial charge < -0.3 is 14.4 Å². The molecule has 0 saturated carbocycles. The van der Waals surface area contributed by atoms with Crippen molar-refractivity contribution >= 4 is 12.0 Å². The number of carbonyl (C=O) groups excluding carboxylic acids is 1. The molecule has 1 amide bonds. The van der Waals surface area contributed by atoms with E-state index >= 15 is 0 Å². The molecule has 0 aliphatic carbocycles. The van der Waals surface area contributed by atoms with Gasteiger partial charge in [-0.2, -0.15) is 8.78 Å². The molecule has 0 spiro atoms. The molecule has 27 heavy (non-hydrogen) atoms. The molecule has 0 aliphatic rings.